The zero-order valence-corrected chi connectivity index (χ0v) is 14.8. The van der Waals surface area contributed by atoms with Gasteiger partial charge in [-0.2, -0.15) is 0 Å². The summed E-state index contributed by atoms with van der Waals surface area (Å²) in [5, 5.41) is 8.03. The van der Waals surface area contributed by atoms with E-state index in [1.165, 1.54) is 40.0 Å². The fourth-order valence-corrected chi connectivity index (χ4v) is 5.88. The largest absolute Gasteiger partial charge is 0.382 e. The zero-order valence-electron chi connectivity index (χ0n) is 13.9. The first-order valence-electron chi connectivity index (χ1n) is 8.61. The van der Waals surface area contributed by atoms with Gasteiger partial charge in [0.2, 0.25) is 0 Å². The van der Waals surface area contributed by atoms with Gasteiger partial charge in [-0.1, -0.05) is 78.9 Å². The lowest BCUT2D eigenvalue weighted by Gasteiger charge is -2.30. The van der Waals surface area contributed by atoms with Crippen LogP contribution in [-0.4, -0.2) is 6.04 Å². The highest BCUT2D eigenvalue weighted by Gasteiger charge is 2.24. The van der Waals surface area contributed by atoms with E-state index >= 15 is 0 Å². The molecule has 24 heavy (non-hydrogen) atoms. The van der Waals surface area contributed by atoms with Gasteiger partial charge >= 0.3 is 0 Å². The molecular formula is C22H22NP. The Morgan fingerprint density at radius 1 is 0.792 bits per heavy atom. The van der Waals surface area contributed by atoms with Gasteiger partial charge in [0.05, 0.1) is 0 Å². The van der Waals surface area contributed by atoms with Crippen molar-refractivity contribution in [2.45, 2.75) is 25.8 Å². The highest BCUT2D eigenvalue weighted by molar-refractivity contribution is 7.80. The molecule has 2 heteroatoms. The van der Waals surface area contributed by atoms with Crippen LogP contribution in [0, 0.1) is 0 Å². The average molecular weight is 331 g/mol. The molecule has 3 aromatic rings. The molecular weight excluding hydrogens is 309 g/mol. The second kappa shape index (κ2) is 6.79. The van der Waals surface area contributed by atoms with Gasteiger partial charge in [0.25, 0.3) is 0 Å². The first-order chi connectivity index (χ1) is 11.8. The minimum absolute atomic E-state index is 0.542. The summed E-state index contributed by atoms with van der Waals surface area (Å²) >= 11 is 0. The number of hydrogen-bond donors (Lipinski definition) is 1. The quantitative estimate of drug-likeness (QED) is 0.710. The van der Waals surface area contributed by atoms with Gasteiger partial charge in [0.15, 0.2) is 0 Å². The third kappa shape index (κ3) is 2.97. The first kappa shape index (κ1) is 15.4. The molecule has 0 fully saturated rings. The molecule has 0 saturated heterocycles. The molecule has 3 aromatic carbocycles. The molecule has 1 atom stereocenters. The highest BCUT2D eigenvalue weighted by atomic mass is 31.1. The normalized spacial score (nSPS) is 16.5. The van der Waals surface area contributed by atoms with E-state index in [4.69, 9.17) is 0 Å². The van der Waals surface area contributed by atoms with Gasteiger partial charge in [-0.25, -0.2) is 0 Å². The van der Waals surface area contributed by atoms with Gasteiger partial charge in [-0.05, 0) is 43.9 Å². The maximum atomic E-state index is 3.76. The molecule has 1 N–H and O–H groups in total. The lowest BCUT2D eigenvalue weighted by atomic mass is 9.99. The number of hydrogen-bond acceptors (Lipinski definition) is 1. The Morgan fingerprint density at radius 3 is 2.04 bits per heavy atom. The lowest BCUT2D eigenvalue weighted by molar-refractivity contribution is 0.682. The van der Waals surface area contributed by atoms with Crippen molar-refractivity contribution in [1.82, 2.24) is 0 Å². The maximum Gasteiger partial charge on any atom is 0.0459 e. The standard InChI is InChI=1S/C22H22NP/c1-17-15-16-18-9-8-14-21(22(18)23-17)24(19-10-4-2-5-11-19)20-12-6-3-7-13-20/h2-14,17,23H,15-16H2,1H3. The third-order valence-electron chi connectivity index (χ3n) is 4.64. The molecule has 1 nitrogen and oxygen atoms in total. The van der Waals surface area contributed by atoms with Crippen molar-refractivity contribution in [3.8, 4) is 0 Å². The van der Waals surface area contributed by atoms with Crippen molar-refractivity contribution in [3.63, 3.8) is 0 Å². The van der Waals surface area contributed by atoms with Gasteiger partial charge in [0.1, 0.15) is 0 Å². The van der Waals surface area contributed by atoms with Crippen LogP contribution >= 0.6 is 7.92 Å². The van der Waals surface area contributed by atoms with Crippen molar-refractivity contribution in [3.05, 3.63) is 84.4 Å². The summed E-state index contributed by atoms with van der Waals surface area (Å²) in [6.07, 6.45) is 2.38. The zero-order chi connectivity index (χ0) is 16.4. The Labute approximate surface area is 145 Å². The summed E-state index contributed by atoms with van der Waals surface area (Å²) in [7, 11) is -0.542. The molecule has 0 radical (unpaired) electrons. The predicted octanol–water partition coefficient (Wildman–Crippen LogP) is 4.19. The number of para-hydroxylation sites is 1. The van der Waals surface area contributed by atoms with E-state index < -0.39 is 7.92 Å². The first-order valence-corrected chi connectivity index (χ1v) is 9.96. The smallest absolute Gasteiger partial charge is 0.0459 e. The van der Waals surface area contributed by atoms with E-state index in [2.05, 4.69) is 91.1 Å². The van der Waals surface area contributed by atoms with E-state index in [-0.39, 0.29) is 0 Å². The van der Waals surface area contributed by atoms with Crippen LogP contribution in [0.25, 0.3) is 0 Å². The number of nitrogens with one attached hydrogen (secondary N) is 1. The highest BCUT2D eigenvalue weighted by Crippen LogP contribution is 2.38. The lowest BCUT2D eigenvalue weighted by Crippen LogP contribution is -2.30. The van der Waals surface area contributed by atoms with Crippen LogP contribution in [0.3, 0.4) is 0 Å². The van der Waals surface area contributed by atoms with Gasteiger partial charge in [-0.15, -0.1) is 0 Å². The fraction of sp³-hybridized carbons (Fsp3) is 0.182. The maximum absolute atomic E-state index is 3.76. The Morgan fingerprint density at radius 2 is 1.42 bits per heavy atom. The molecule has 1 aliphatic rings. The summed E-state index contributed by atoms with van der Waals surface area (Å²) < 4.78 is 0. The minimum atomic E-state index is -0.542. The Hall–Kier alpha value is -2.11. The van der Waals surface area contributed by atoms with Crippen molar-refractivity contribution in [2.75, 3.05) is 5.32 Å². The second-order valence-corrected chi connectivity index (χ2v) is 8.59. The van der Waals surface area contributed by atoms with Gasteiger partial charge in [-0.3, -0.25) is 0 Å². The molecule has 0 spiro atoms. The van der Waals surface area contributed by atoms with Crippen LogP contribution in [0.1, 0.15) is 18.9 Å². The van der Waals surface area contributed by atoms with Crippen LogP contribution in [0.2, 0.25) is 0 Å². The molecule has 0 amide bonds. The number of anilines is 1. The van der Waals surface area contributed by atoms with Crippen molar-refractivity contribution in [2.24, 2.45) is 0 Å². The molecule has 1 unspecified atom stereocenters. The molecule has 120 valence electrons. The minimum Gasteiger partial charge on any atom is -0.382 e. The summed E-state index contributed by atoms with van der Waals surface area (Å²) in [5.41, 5.74) is 2.83. The fourth-order valence-electron chi connectivity index (χ4n) is 3.42. The molecule has 0 aromatic heterocycles. The van der Waals surface area contributed by atoms with E-state index in [0.717, 1.165) is 0 Å². The predicted molar refractivity (Wildman–Crippen MR) is 107 cm³/mol. The Bertz CT molecular complexity index is 774. The second-order valence-electron chi connectivity index (χ2n) is 6.40. The Kier molecular flexibility index (Phi) is 4.36. The number of aryl methyl sites for hydroxylation is 1. The van der Waals surface area contributed by atoms with E-state index in [1.807, 2.05) is 0 Å². The van der Waals surface area contributed by atoms with E-state index in [1.54, 1.807) is 0 Å². The molecule has 0 saturated carbocycles. The topological polar surface area (TPSA) is 12.0 Å². The van der Waals surface area contributed by atoms with Crippen molar-refractivity contribution < 1.29 is 0 Å². The van der Waals surface area contributed by atoms with Crippen molar-refractivity contribution in [1.29, 1.82) is 0 Å². The molecule has 4 rings (SSSR count). The molecule has 1 heterocycles. The monoisotopic (exact) mass is 331 g/mol. The van der Waals surface area contributed by atoms with E-state index in [9.17, 15) is 0 Å². The number of fused-ring (bicyclic) bond motifs is 1. The van der Waals surface area contributed by atoms with Gasteiger partial charge < -0.3 is 5.32 Å². The Balaban J connectivity index is 1.89. The van der Waals surface area contributed by atoms with E-state index in [0.29, 0.717) is 6.04 Å². The summed E-state index contributed by atoms with van der Waals surface area (Å²) in [5.74, 6) is 0. The number of rotatable bonds is 3. The van der Waals surface area contributed by atoms with Crippen LogP contribution in [0.4, 0.5) is 5.69 Å². The third-order valence-corrected chi connectivity index (χ3v) is 7.12. The summed E-state index contributed by atoms with van der Waals surface area (Å²) in [6, 6.07) is 29.2. The van der Waals surface area contributed by atoms with Gasteiger partial charge in [0, 0.05) is 17.0 Å². The SMILES string of the molecule is CC1CCc2cccc(P(c3ccccc3)c3ccccc3)c2N1. The van der Waals surface area contributed by atoms with Crippen LogP contribution in [0.15, 0.2) is 78.9 Å². The van der Waals surface area contributed by atoms with Crippen LogP contribution < -0.4 is 21.2 Å². The van der Waals surface area contributed by atoms with Crippen LogP contribution in [-0.2, 0) is 6.42 Å². The molecule has 0 aliphatic carbocycles. The molecule has 0 bridgehead atoms. The van der Waals surface area contributed by atoms with Crippen LogP contribution in [0.5, 0.6) is 0 Å². The summed E-state index contributed by atoms with van der Waals surface area (Å²) in [6.45, 7) is 2.28. The van der Waals surface area contributed by atoms with Crippen molar-refractivity contribution >= 4 is 29.5 Å². The number of benzene rings is 3. The average Bonchev–Trinajstić information content (AvgIpc) is 2.64. The summed E-state index contributed by atoms with van der Waals surface area (Å²) in [4.78, 5) is 0. The molecule has 1 aliphatic heterocycles.